The molecule has 1 saturated heterocycles. The van der Waals surface area contributed by atoms with Crippen LogP contribution in [-0.4, -0.2) is 31.3 Å². The number of fused-ring (bicyclic) bond motifs is 3. The topological polar surface area (TPSA) is 78.9 Å². The Balaban J connectivity index is 1.93. The fourth-order valence-corrected chi connectivity index (χ4v) is 5.00. The Labute approximate surface area is 157 Å². The molecular weight excluding hydrogens is 350 g/mol. The van der Waals surface area contributed by atoms with E-state index in [1.165, 1.54) is 35.3 Å². The fraction of sp³-hybridized carbons (Fsp3) is 0.579. The normalized spacial score (nSPS) is 19.0. The van der Waals surface area contributed by atoms with Crippen molar-refractivity contribution in [1.29, 1.82) is 0 Å². The Hall–Kier alpha value is -1.86. The van der Waals surface area contributed by atoms with Crippen LogP contribution in [0.15, 0.2) is 0 Å². The van der Waals surface area contributed by atoms with Crippen LogP contribution in [-0.2, 0) is 22.5 Å². The number of ether oxygens (including phenoxy) is 2. The zero-order chi connectivity index (χ0) is 18.5. The third kappa shape index (κ3) is 2.83. The number of anilines is 2. The molecule has 0 spiro atoms. The highest BCUT2D eigenvalue weighted by Gasteiger charge is 2.37. The van der Waals surface area contributed by atoms with E-state index >= 15 is 0 Å². The van der Waals surface area contributed by atoms with Crippen LogP contribution < -0.4 is 15.6 Å². The van der Waals surface area contributed by atoms with E-state index in [-0.39, 0.29) is 11.6 Å². The number of rotatable bonds is 3. The highest BCUT2D eigenvalue weighted by atomic mass is 32.1. The van der Waals surface area contributed by atoms with Crippen molar-refractivity contribution in [3.63, 3.8) is 0 Å². The molecule has 2 aromatic rings. The summed E-state index contributed by atoms with van der Waals surface area (Å²) in [6.45, 7) is 9.00. The van der Waals surface area contributed by atoms with Gasteiger partial charge in [-0.2, -0.15) is 0 Å². The number of thiophene rings is 1. The van der Waals surface area contributed by atoms with Gasteiger partial charge in [0.15, 0.2) is 4.83 Å². The van der Waals surface area contributed by atoms with Crippen LogP contribution in [0.5, 0.6) is 0 Å². The van der Waals surface area contributed by atoms with Crippen LogP contribution in [0.25, 0.3) is 10.2 Å². The molecule has 3 N–H and O–H groups in total. The van der Waals surface area contributed by atoms with Crippen molar-refractivity contribution in [2.24, 2.45) is 0 Å². The van der Waals surface area contributed by atoms with E-state index in [2.05, 4.69) is 23.7 Å². The first-order chi connectivity index (χ1) is 12.4. The summed E-state index contributed by atoms with van der Waals surface area (Å²) in [5, 5.41) is 0.965. The van der Waals surface area contributed by atoms with E-state index in [0.29, 0.717) is 23.8 Å². The maximum atomic E-state index is 12.3. The Kier molecular flexibility index (Phi) is 4.31. The molecule has 2 aliphatic rings. The van der Waals surface area contributed by atoms with Gasteiger partial charge in [0.1, 0.15) is 4.88 Å². The van der Waals surface area contributed by atoms with Crippen molar-refractivity contribution in [1.82, 2.24) is 0 Å². The van der Waals surface area contributed by atoms with Crippen LogP contribution in [0.2, 0.25) is 0 Å². The van der Waals surface area contributed by atoms with Crippen LogP contribution in [0.4, 0.5) is 11.5 Å². The molecule has 1 fully saturated rings. The summed E-state index contributed by atoms with van der Waals surface area (Å²) in [5.41, 5.74) is 9.09. The smallest absolute Gasteiger partial charge is 0.350 e. The van der Waals surface area contributed by atoms with Crippen LogP contribution in [0.1, 0.15) is 54.4 Å². The molecule has 0 aliphatic carbocycles. The van der Waals surface area contributed by atoms with Gasteiger partial charge in [0.2, 0.25) is 0 Å². The molecule has 140 valence electrons. The molecule has 0 radical (unpaired) electrons. The number of pyridine rings is 1. The molecule has 0 amide bonds. The number of aromatic nitrogens is 1. The Morgan fingerprint density at radius 3 is 2.77 bits per heavy atom. The number of nitrogens with one attached hydrogen (secondary N) is 1. The van der Waals surface area contributed by atoms with Gasteiger partial charge in [-0.3, -0.25) is 4.90 Å². The SMILES string of the molecule is CCOC(=O)c1sc2[nH+]c(N3CCCC3)c3c(c2c1N)CC(C)(C)OC3. The first-order valence-corrected chi connectivity index (χ1v) is 10.1. The molecule has 4 rings (SSSR count). The first kappa shape index (κ1) is 17.5. The van der Waals surface area contributed by atoms with Gasteiger partial charge < -0.3 is 15.2 Å². The molecular formula is C19H26N3O3S+. The Morgan fingerprint density at radius 1 is 1.35 bits per heavy atom. The quantitative estimate of drug-likeness (QED) is 0.833. The number of carbonyl (C=O) groups excluding carboxylic acids is 1. The van der Waals surface area contributed by atoms with Crippen LogP contribution in [0.3, 0.4) is 0 Å². The number of nitrogens with two attached hydrogens (primary N) is 1. The number of hydrogen-bond donors (Lipinski definition) is 1. The van der Waals surface area contributed by atoms with Gasteiger partial charge in [0.25, 0.3) is 5.82 Å². The zero-order valence-electron chi connectivity index (χ0n) is 15.6. The summed E-state index contributed by atoms with van der Waals surface area (Å²) in [4.78, 5) is 19.7. The molecule has 2 aromatic heterocycles. The predicted molar refractivity (Wildman–Crippen MR) is 103 cm³/mol. The maximum absolute atomic E-state index is 12.3. The molecule has 0 atom stereocenters. The molecule has 0 aromatic carbocycles. The van der Waals surface area contributed by atoms with Gasteiger partial charge in [-0.1, -0.05) is 11.3 Å². The molecule has 7 heteroatoms. The maximum Gasteiger partial charge on any atom is 0.350 e. The molecule has 4 heterocycles. The third-order valence-electron chi connectivity index (χ3n) is 5.22. The summed E-state index contributed by atoms with van der Waals surface area (Å²) in [7, 11) is 0. The van der Waals surface area contributed by atoms with E-state index in [1.807, 2.05) is 0 Å². The Morgan fingerprint density at radius 2 is 2.08 bits per heavy atom. The minimum Gasteiger partial charge on any atom is -0.462 e. The number of nitrogen functional groups attached to an aromatic ring is 1. The van der Waals surface area contributed by atoms with Gasteiger partial charge in [0, 0.05) is 6.42 Å². The van der Waals surface area contributed by atoms with Crippen molar-refractivity contribution in [2.75, 3.05) is 30.3 Å². The van der Waals surface area contributed by atoms with Gasteiger partial charge in [-0.25, -0.2) is 9.78 Å². The number of nitrogens with zero attached hydrogens (tertiary/aromatic N) is 1. The summed E-state index contributed by atoms with van der Waals surface area (Å²) in [5.74, 6) is 0.777. The largest absolute Gasteiger partial charge is 0.462 e. The number of carbonyl (C=O) groups is 1. The summed E-state index contributed by atoms with van der Waals surface area (Å²) < 4.78 is 11.3. The average Bonchev–Trinajstić information content (AvgIpc) is 3.21. The number of aromatic amines is 1. The van der Waals surface area contributed by atoms with Gasteiger partial charge in [-0.05, 0) is 39.2 Å². The van der Waals surface area contributed by atoms with Gasteiger partial charge in [0.05, 0.1) is 48.5 Å². The number of H-pyrrole nitrogens is 1. The highest BCUT2D eigenvalue weighted by Crippen LogP contribution is 2.42. The first-order valence-electron chi connectivity index (χ1n) is 9.26. The molecule has 0 unspecified atom stereocenters. The minimum absolute atomic E-state index is 0.248. The zero-order valence-corrected chi connectivity index (χ0v) is 16.4. The number of hydrogen-bond acceptors (Lipinski definition) is 6. The molecule has 2 aliphatic heterocycles. The van der Waals surface area contributed by atoms with E-state index in [9.17, 15) is 4.79 Å². The van der Waals surface area contributed by atoms with Crippen molar-refractivity contribution in [2.45, 2.75) is 52.2 Å². The monoisotopic (exact) mass is 376 g/mol. The lowest BCUT2D eigenvalue weighted by molar-refractivity contribution is -0.328. The number of esters is 1. The molecule has 0 saturated carbocycles. The van der Waals surface area contributed by atoms with E-state index in [0.717, 1.165) is 35.5 Å². The van der Waals surface area contributed by atoms with E-state index < -0.39 is 0 Å². The standard InChI is InChI=1S/C19H25N3O3S/c1-4-24-18(23)15-14(20)13-11-9-19(2,3)25-10-12(11)16(21-17(13)26-15)22-7-5-6-8-22/h4-10,20H2,1-3H3/p+1. The second kappa shape index (κ2) is 6.39. The van der Waals surface area contributed by atoms with E-state index in [1.54, 1.807) is 6.92 Å². The van der Waals surface area contributed by atoms with Crippen LogP contribution in [0, 0.1) is 0 Å². The Bertz CT molecular complexity index is 869. The molecule has 26 heavy (non-hydrogen) atoms. The van der Waals surface area contributed by atoms with Crippen molar-refractivity contribution in [3.8, 4) is 0 Å². The predicted octanol–water partition coefficient (Wildman–Crippen LogP) is 2.93. The van der Waals surface area contributed by atoms with E-state index in [4.69, 9.17) is 15.2 Å². The van der Waals surface area contributed by atoms with Gasteiger partial charge in [-0.15, -0.1) is 0 Å². The van der Waals surface area contributed by atoms with Crippen molar-refractivity contribution >= 4 is 39.0 Å². The lowest BCUT2D eigenvalue weighted by Crippen LogP contribution is -2.36. The average molecular weight is 377 g/mol. The van der Waals surface area contributed by atoms with Gasteiger partial charge >= 0.3 is 5.97 Å². The van der Waals surface area contributed by atoms with Crippen LogP contribution >= 0.6 is 11.3 Å². The summed E-state index contributed by atoms with van der Waals surface area (Å²) in [6, 6.07) is 0. The second-order valence-corrected chi connectivity index (χ2v) is 8.64. The third-order valence-corrected chi connectivity index (χ3v) is 6.32. The highest BCUT2D eigenvalue weighted by molar-refractivity contribution is 7.20. The fourth-order valence-electron chi connectivity index (χ4n) is 3.96. The molecule has 6 nitrogen and oxygen atoms in total. The summed E-state index contributed by atoms with van der Waals surface area (Å²) >= 11 is 1.40. The van der Waals surface area contributed by atoms with Crippen molar-refractivity contribution < 1.29 is 19.3 Å². The lowest BCUT2D eigenvalue weighted by Gasteiger charge is -2.32. The lowest BCUT2D eigenvalue weighted by atomic mass is 9.90. The molecule has 0 bridgehead atoms. The second-order valence-electron chi connectivity index (χ2n) is 7.62. The van der Waals surface area contributed by atoms with Crippen molar-refractivity contribution in [3.05, 3.63) is 16.0 Å². The minimum atomic E-state index is -0.345. The summed E-state index contributed by atoms with van der Waals surface area (Å²) in [6.07, 6.45) is 3.18.